The van der Waals surface area contributed by atoms with Gasteiger partial charge in [-0.1, -0.05) is 26.1 Å². The largest absolute Gasteiger partial charge is 0.380 e. The Morgan fingerprint density at radius 1 is 1.22 bits per heavy atom. The quantitative estimate of drug-likeness (QED) is 0.495. The second-order valence-electron chi connectivity index (χ2n) is 7.49. The molecule has 0 bridgehead atoms. The van der Waals surface area contributed by atoms with Crippen LogP contribution in [0.5, 0.6) is 0 Å². The number of imide groups is 1. The number of piperidine rings is 1. The van der Waals surface area contributed by atoms with E-state index in [1.807, 2.05) is 24.3 Å². The van der Waals surface area contributed by atoms with Crippen LogP contribution in [0.1, 0.15) is 46.9 Å². The van der Waals surface area contributed by atoms with Crippen molar-refractivity contribution in [3.63, 3.8) is 0 Å². The van der Waals surface area contributed by atoms with Crippen molar-refractivity contribution in [3.05, 3.63) is 65.9 Å². The van der Waals surface area contributed by atoms with E-state index in [2.05, 4.69) is 40.9 Å². The van der Waals surface area contributed by atoms with E-state index >= 15 is 0 Å². The van der Waals surface area contributed by atoms with Crippen LogP contribution in [0.3, 0.4) is 0 Å². The average molecular weight is 450 g/mol. The van der Waals surface area contributed by atoms with Gasteiger partial charge >= 0.3 is 0 Å². The minimum Gasteiger partial charge on any atom is -0.380 e. The molecule has 2 aromatic rings. The molecule has 32 heavy (non-hydrogen) atoms. The topological polar surface area (TPSA) is 104 Å². The highest BCUT2D eigenvalue weighted by atomic mass is 32.2. The number of hydrogen-bond donors (Lipinski definition) is 2. The van der Waals surface area contributed by atoms with Gasteiger partial charge in [0.15, 0.2) is 0 Å². The maximum absolute atomic E-state index is 12.9. The predicted octanol–water partition coefficient (Wildman–Crippen LogP) is 2.58. The zero-order valence-corrected chi connectivity index (χ0v) is 18.5. The number of thioether (sulfide) groups is 1. The van der Waals surface area contributed by atoms with E-state index in [0.29, 0.717) is 34.8 Å². The highest BCUT2D eigenvalue weighted by molar-refractivity contribution is 7.99. The van der Waals surface area contributed by atoms with Crippen LogP contribution in [0.15, 0.2) is 48.5 Å². The summed E-state index contributed by atoms with van der Waals surface area (Å²) in [5, 5.41) is 14.8. The molecule has 0 aliphatic carbocycles. The molecular weight excluding hydrogens is 426 g/mol. The highest BCUT2D eigenvalue weighted by Gasteiger charge is 2.41. The van der Waals surface area contributed by atoms with Gasteiger partial charge in [0.05, 0.1) is 5.70 Å². The molecule has 3 amide bonds. The van der Waals surface area contributed by atoms with Crippen LogP contribution in [0.4, 0.5) is 0 Å². The summed E-state index contributed by atoms with van der Waals surface area (Å²) in [5.74, 6) is -0.131. The second kappa shape index (κ2) is 8.96. The number of rotatable bonds is 7. The number of benzene rings is 1. The minimum absolute atomic E-state index is 0.197. The molecule has 1 aromatic heterocycles. The van der Waals surface area contributed by atoms with Gasteiger partial charge in [0, 0.05) is 29.8 Å². The Hall–Kier alpha value is -3.46. The van der Waals surface area contributed by atoms with Crippen molar-refractivity contribution < 1.29 is 14.4 Å². The van der Waals surface area contributed by atoms with Crippen molar-refractivity contribution in [2.24, 2.45) is 0 Å². The van der Waals surface area contributed by atoms with Crippen LogP contribution in [-0.4, -0.2) is 44.6 Å². The fourth-order valence-corrected chi connectivity index (χ4v) is 4.33. The summed E-state index contributed by atoms with van der Waals surface area (Å²) in [6, 6.07) is 8.54. The third-order valence-electron chi connectivity index (χ3n) is 5.40. The van der Waals surface area contributed by atoms with Crippen LogP contribution in [-0.2, 0) is 16.1 Å². The lowest BCUT2D eigenvalue weighted by Gasteiger charge is -2.30. The number of aromatic nitrogens is 2. The van der Waals surface area contributed by atoms with Gasteiger partial charge in [-0.25, -0.2) is 0 Å². The number of fused-ring (bicyclic) bond motifs is 1. The van der Waals surface area contributed by atoms with Crippen molar-refractivity contribution >= 4 is 40.9 Å². The molecule has 0 saturated carbocycles. The van der Waals surface area contributed by atoms with Gasteiger partial charge in [0.2, 0.25) is 11.8 Å². The molecule has 0 spiro atoms. The SMILES string of the molecule is C=C(NCc1ccc2c(c1)C(=C)N(C1CCC(=O)NC1=O)C2=O)c1ccc(SCC)nn1. The van der Waals surface area contributed by atoms with Gasteiger partial charge in [0.1, 0.15) is 16.8 Å². The Labute approximate surface area is 190 Å². The molecule has 1 aromatic carbocycles. The molecule has 0 radical (unpaired) electrons. The standard InChI is InChI=1S/C23H23N5O3S/c1-4-32-21-10-7-18(26-27-21)13(2)24-12-15-5-6-16-17(11-15)14(3)28(23(16)31)19-8-9-20(29)25-22(19)30/h5-7,10-11,19,24H,2-4,8-9,12H2,1H3,(H,25,29,30). The van der Waals surface area contributed by atoms with Gasteiger partial charge in [-0.05, 0) is 42.0 Å². The van der Waals surface area contributed by atoms with Crippen molar-refractivity contribution in [1.29, 1.82) is 0 Å². The maximum Gasteiger partial charge on any atom is 0.259 e. The van der Waals surface area contributed by atoms with Gasteiger partial charge in [-0.15, -0.1) is 22.0 Å². The summed E-state index contributed by atoms with van der Waals surface area (Å²) in [6.07, 6.45) is 0.482. The van der Waals surface area contributed by atoms with Gasteiger partial charge < -0.3 is 5.32 Å². The van der Waals surface area contributed by atoms with Gasteiger partial charge in [-0.3, -0.25) is 24.6 Å². The smallest absolute Gasteiger partial charge is 0.259 e. The summed E-state index contributed by atoms with van der Waals surface area (Å²) >= 11 is 1.62. The minimum atomic E-state index is -0.728. The normalized spacial score (nSPS) is 17.9. The average Bonchev–Trinajstić information content (AvgIpc) is 3.03. The Kier molecular flexibility index (Phi) is 6.09. The number of hydrogen-bond acceptors (Lipinski definition) is 7. The van der Waals surface area contributed by atoms with E-state index in [-0.39, 0.29) is 24.7 Å². The lowest BCUT2D eigenvalue weighted by molar-refractivity contribution is -0.136. The first-order valence-corrected chi connectivity index (χ1v) is 11.3. The monoisotopic (exact) mass is 449 g/mol. The molecule has 8 nitrogen and oxygen atoms in total. The molecule has 2 aliphatic rings. The molecule has 1 fully saturated rings. The van der Waals surface area contributed by atoms with E-state index < -0.39 is 11.9 Å². The highest BCUT2D eigenvalue weighted by Crippen LogP contribution is 2.35. The first-order valence-electron chi connectivity index (χ1n) is 10.3. The first-order chi connectivity index (χ1) is 15.4. The van der Waals surface area contributed by atoms with Gasteiger partial charge in [-0.2, -0.15) is 0 Å². The maximum atomic E-state index is 12.9. The zero-order valence-electron chi connectivity index (χ0n) is 17.7. The summed E-state index contributed by atoms with van der Waals surface area (Å²) < 4.78 is 0. The Morgan fingerprint density at radius 2 is 2.03 bits per heavy atom. The predicted molar refractivity (Wildman–Crippen MR) is 122 cm³/mol. The van der Waals surface area contributed by atoms with Crippen molar-refractivity contribution in [2.75, 3.05) is 5.75 Å². The molecule has 1 atom stereocenters. The first kappa shape index (κ1) is 21.8. The van der Waals surface area contributed by atoms with E-state index in [1.54, 1.807) is 17.8 Å². The summed E-state index contributed by atoms with van der Waals surface area (Å²) in [5.41, 5.74) is 3.88. The zero-order chi connectivity index (χ0) is 22.8. The molecule has 1 saturated heterocycles. The lowest BCUT2D eigenvalue weighted by Crippen LogP contribution is -2.52. The third-order valence-corrected chi connectivity index (χ3v) is 6.21. The van der Waals surface area contributed by atoms with Crippen LogP contribution in [0.2, 0.25) is 0 Å². The Bertz CT molecular complexity index is 1130. The fraction of sp³-hybridized carbons (Fsp3) is 0.261. The number of nitrogens with zero attached hydrogens (tertiary/aromatic N) is 3. The molecule has 3 heterocycles. The van der Waals surface area contributed by atoms with Crippen molar-refractivity contribution in [3.8, 4) is 0 Å². The number of nitrogens with one attached hydrogen (secondary N) is 2. The summed E-state index contributed by atoms with van der Waals surface area (Å²) in [6.45, 7) is 10.6. The van der Waals surface area contributed by atoms with Crippen LogP contribution < -0.4 is 10.6 Å². The van der Waals surface area contributed by atoms with E-state index in [4.69, 9.17) is 0 Å². The van der Waals surface area contributed by atoms with Gasteiger partial charge in [0.25, 0.3) is 5.91 Å². The third kappa shape index (κ3) is 4.16. The number of amides is 3. The molecular formula is C23H23N5O3S. The number of carbonyl (C=O) groups is 3. The fourth-order valence-electron chi connectivity index (χ4n) is 3.77. The molecule has 2 aliphatic heterocycles. The van der Waals surface area contributed by atoms with Crippen LogP contribution >= 0.6 is 11.8 Å². The molecule has 164 valence electrons. The Morgan fingerprint density at radius 3 is 2.72 bits per heavy atom. The molecule has 1 unspecified atom stereocenters. The second-order valence-corrected chi connectivity index (χ2v) is 8.77. The van der Waals surface area contributed by atoms with E-state index in [9.17, 15) is 14.4 Å². The van der Waals surface area contributed by atoms with E-state index in [1.165, 1.54) is 4.90 Å². The molecule has 4 rings (SSSR count). The van der Waals surface area contributed by atoms with Crippen molar-refractivity contribution in [1.82, 2.24) is 25.7 Å². The molecule has 2 N–H and O–H groups in total. The Balaban J connectivity index is 1.45. The van der Waals surface area contributed by atoms with Crippen molar-refractivity contribution in [2.45, 2.75) is 37.4 Å². The van der Waals surface area contributed by atoms with E-state index in [0.717, 1.165) is 16.3 Å². The molecule has 9 heteroatoms. The number of carbonyl (C=O) groups excluding carboxylic acids is 3. The summed E-state index contributed by atoms with van der Waals surface area (Å²) in [4.78, 5) is 38.0. The van der Waals surface area contributed by atoms with Crippen LogP contribution in [0.25, 0.3) is 11.4 Å². The van der Waals surface area contributed by atoms with Crippen LogP contribution in [0, 0.1) is 0 Å². The lowest BCUT2D eigenvalue weighted by atomic mass is 10.0. The summed E-state index contributed by atoms with van der Waals surface area (Å²) in [7, 11) is 0.